The number of nitriles is 1. The normalized spacial score (nSPS) is 22.5. The van der Waals surface area contributed by atoms with Crippen LogP contribution in [0.4, 0.5) is 13.2 Å². The molecule has 1 fully saturated rings. The van der Waals surface area contributed by atoms with Gasteiger partial charge in [0.2, 0.25) is 5.91 Å². The van der Waals surface area contributed by atoms with E-state index in [1.165, 1.54) is 0 Å². The molecule has 1 amide bonds. The molecule has 1 aliphatic heterocycles. The maximum absolute atomic E-state index is 12.7. The van der Waals surface area contributed by atoms with E-state index >= 15 is 0 Å². The third-order valence-electron chi connectivity index (χ3n) is 6.72. The highest BCUT2D eigenvalue weighted by Crippen LogP contribution is 2.32. The average Bonchev–Trinajstić information content (AvgIpc) is 2.77. The summed E-state index contributed by atoms with van der Waals surface area (Å²) in [7, 11) is 1.80. The summed E-state index contributed by atoms with van der Waals surface area (Å²) in [5.41, 5.74) is 1.39. The molecule has 0 atom stereocenters. The second kappa shape index (κ2) is 10.3. The molecule has 1 saturated carbocycles. The zero-order valence-corrected chi connectivity index (χ0v) is 18.0. The maximum Gasteiger partial charge on any atom is 0.416 e. The molecule has 168 valence electrons. The Labute approximate surface area is 182 Å². The predicted molar refractivity (Wildman–Crippen MR) is 114 cm³/mol. The molecule has 7 heteroatoms. The van der Waals surface area contributed by atoms with Gasteiger partial charge in [-0.15, -0.1) is 0 Å². The highest BCUT2D eigenvalue weighted by atomic mass is 19.4. The molecular formula is C24H30F3N3O. The van der Waals surface area contributed by atoms with E-state index in [9.17, 15) is 18.0 Å². The van der Waals surface area contributed by atoms with E-state index in [1.807, 2.05) is 6.07 Å². The van der Waals surface area contributed by atoms with E-state index < -0.39 is 11.7 Å². The van der Waals surface area contributed by atoms with Crippen LogP contribution in [0.15, 0.2) is 30.3 Å². The zero-order valence-electron chi connectivity index (χ0n) is 18.0. The van der Waals surface area contributed by atoms with Gasteiger partial charge in [-0.25, -0.2) is 0 Å². The van der Waals surface area contributed by atoms with Gasteiger partial charge >= 0.3 is 6.18 Å². The summed E-state index contributed by atoms with van der Waals surface area (Å²) in [6.07, 6.45) is 3.98. The molecule has 1 heterocycles. The summed E-state index contributed by atoms with van der Waals surface area (Å²) in [5.74, 6) is 0.575. The first-order chi connectivity index (χ1) is 14.8. The fourth-order valence-corrected chi connectivity index (χ4v) is 4.63. The summed E-state index contributed by atoms with van der Waals surface area (Å²) in [6, 6.07) is 7.63. The predicted octanol–water partition coefficient (Wildman–Crippen LogP) is 5.12. The first-order valence-corrected chi connectivity index (χ1v) is 11.0. The van der Waals surface area contributed by atoms with Gasteiger partial charge in [0.25, 0.3) is 0 Å². The van der Waals surface area contributed by atoms with Gasteiger partial charge in [-0.3, -0.25) is 9.69 Å². The highest BCUT2D eigenvalue weighted by Gasteiger charge is 2.30. The van der Waals surface area contributed by atoms with Crippen molar-refractivity contribution in [3.63, 3.8) is 0 Å². The largest absolute Gasteiger partial charge is 0.416 e. The van der Waals surface area contributed by atoms with Crippen LogP contribution >= 0.6 is 0 Å². The molecule has 1 aromatic rings. The fourth-order valence-electron chi connectivity index (χ4n) is 4.63. The van der Waals surface area contributed by atoms with Gasteiger partial charge in [-0.2, -0.15) is 18.4 Å². The standard InChI is InChI=1S/C24H30F3N3O/c1-29(23(31)10-14-28)22-8-2-18(3-9-22)11-15-30-16-12-20(13-17-30)19-4-6-21(7-5-19)24(25,26)27/h4-7,12,18,22H,2-3,8-11,13,15-17H2,1H3. The Morgan fingerprint density at radius 1 is 1.19 bits per heavy atom. The Balaban J connectivity index is 1.41. The lowest BCUT2D eigenvalue weighted by Gasteiger charge is -2.35. The molecular weight excluding hydrogens is 403 g/mol. The molecule has 3 rings (SSSR count). The molecule has 0 saturated heterocycles. The van der Waals surface area contributed by atoms with Crippen molar-refractivity contribution in [2.24, 2.45) is 5.92 Å². The topological polar surface area (TPSA) is 47.3 Å². The van der Waals surface area contributed by atoms with Gasteiger partial charge in [-0.05, 0) is 74.3 Å². The fraction of sp³-hybridized carbons (Fsp3) is 0.583. The Hall–Kier alpha value is -2.33. The van der Waals surface area contributed by atoms with Crippen molar-refractivity contribution in [1.29, 1.82) is 5.26 Å². The van der Waals surface area contributed by atoms with Crippen molar-refractivity contribution in [3.8, 4) is 6.07 Å². The molecule has 4 nitrogen and oxygen atoms in total. The number of alkyl halides is 3. The van der Waals surface area contributed by atoms with Crippen LogP contribution in [0.5, 0.6) is 0 Å². The van der Waals surface area contributed by atoms with Crippen LogP contribution in [-0.4, -0.2) is 48.4 Å². The maximum atomic E-state index is 12.7. The van der Waals surface area contributed by atoms with Crippen molar-refractivity contribution >= 4 is 11.5 Å². The van der Waals surface area contributed by atoms with Crippen molar-refractivity contribution in [2.75, 3.05) is 26.7 Å². The van der Waals surface area contributed by atoms with Crippen molar-refractivity contribution in [1.82, 2.24) is 9.80 Å². The van der Waals surface area contributed by atoms with E-state index in [-0.39, 0.29) is 18.4 Å². The number of carbonyl (C=O) groups excluding carboxylic acids is 1. The second-order valence-electron chi connectivity index (χ2n) is 8.66. The van der Waals surface area contributed by atoms with Crippen LogP contribution in [0.2, 0.25) is 0 Å². The molecule has 2 aliphatic rings. The Morgan fingerprint density at radius 2 is 1.87 bits per heavy atom. The number of benzene rings is 1. The molecule has 0 bridgehead atoms. The molecule has 0 N–H and O–H groups in total. The van der Waals surface area contributed by atoms with Gasteiger partial charge in [-0.1, -0.05) is 18.2 Å². The number of hydrogen-bond donors (Lipinski definition) is 0. The Bertz CT molecular complexity index is 818. The molecule has 1 aliphatic carbocycles. The summed E-state index contributed by atoms with van der Waals surface area (Å²) in [5, 5.41) is 8.69. The minimum atomic E-state index is -4.29. The molecule has 0 unspecified atom stereocenters. The minimum absolute atomic E-state index is 0.0482. The van der Waals surface area contributed by atoms with Gasteiger partial charge in [0.1, 0.15) is 6.42 Å². The molecule has 0 radical (unpaired) electrons. The smallest absolute Gasteiger partial charge is 0.342 e. The third kappa shape index (κ3) is 6.33. The Morgan fingerprint density at radius 3 is 2.42 bits per heavy atom. The van der Waals surface area contributed by atoms with Crippen molar-refractivity contribution in [3.05, 3.63) is 41.5 Å². The minimum Gasteiger partial charge on any atom is -0.342 e. The third-order valence-corrected chi connectivity index (χ3v) is 6.72. The summed E-state index contributed by atoms with van der Waals surface area (Å²) < 4.78 is 38.2. The van der Waals surface area contributed by atoms with Gasteiger partial charge in [0.05, 0.1) is 11.6 Å². The van der Waals surface area contributed by atoms with Crippen LogP contribution in [0.25, 0.3) is 5.57 Å². The summed E-state index contributed by atoms with van der Waals surface area (Å²) in [4.78, 5) is 16.0. The Kier molecular flexibility index (Phi) is 7.77. The zero-order chi connectivity index (χ0) is 22.4. The number of halogens is 3. The average molecular weight is 434 g/mol. The summed E-state index contributed by atoms with van der Waals surface area (Å²) in [6.45, 7) is 2.78. The first kappa shape index (κ1) is 23.3. The van der Waals surface area contributed by atoms with Crippen LogP contribution in [0, 0.1) is 17.2 Å². The quantitative estimate of drug-likeness (QED) is 0.626. The van der Waals surface area contributed by atoms with Crippen LogP contribution in [0.3, 0.4) is 0 Å². The van der Waals surface area contributed by atoms with E-state index in [0.29, 0.717) is 5.92 Å². The number of carbonyl (C=O) groups is 1. The summed E-state index contributed by atoms with van der Waals surface area (Å²) >= 11 is 0. The van der Waals surface area contributed by atoms with E-state index in [1.54, 1.807) is 24.1 Å². The lowest BCUT2D eigenvalue weighted by atomic mass is 9.83. The lowest BCUT2D eigenvalue weighted by Crippen LogP contribution is -2.39. The van der Waals surface area contributed by atoms with E-state index in [0.717, 1.165) is 81.4 Å². The number of nitrogens with zero attached hydrogens (tertiary/aromatic N) is 3. The van der Waals surface area contributed by atoms with Crippen molar-refractivity contribution < 1.29 is 18.0 Å². The number of rotatable bonds is 6. The first-order valence-electron chi connectivity index (χ1n) is 11.0. The molecule has 1 aromatic carbocycles. The SMILES string of the molecule is CN(C(=O)CC#N)C1CCC(CCN2CC=C(c3ccc(C(F)(F)F)cc3)CC2)CC1. The van der Waals surface area contributed by atoms with Crippen LogP contribution < -0.4 is 0 Å². The second-order valence-corrected chi connectivity index (χ2v) is 8.66. The monoisotopic (exact) mass is 433 g/mol. The highest BCUT2D eigenvalue weighted by molar-refractivity contribution is 5.78. The van der Waals surface area contributed by atoms with Crippen LogP contribution in [0.1, 0.15) is 56.1 Å². The van der Waals surface area contributed by atoms with Gasteiger partial charge in [0.15, 0.2) is 0 Å². The van der Waals surface area contributed by atoms with Crippen molar-refractivity contribution in [2.45, 2.75) is 57.2 Å². The van der Waals surface area contributed by atoms with Gasteiger partial charge < -0.3 is 4.90 Å². The van der Waals surface area contributed by atoms with E-state index in [2.05, 4.69) is 11.0 Å². The molecule has 31 heavy (non-hydrogen) atoms. The lowest BCUT2D eigenvalue weighted by molar-refractivity contribution is -0.137. The van der Waals surface area contributed by atoms with E-state index in [4.69, 9.17) is 5.26 Å². The van der Waals surface area contributed by atoms with Gasteiger partial charge in [0, 0.05) is 26.2 Å². The molecule has 0 spiro atoms. The number of amides is 1. The van der Waals surface area contributed by atoms with Crippen LogP contribution in [-0.2, 0) is 11.0 Å². The molecule has 0 aromatic heterocycles. The number of hydrogen-bond acceptors (Lipinski definition) is 3.